The third-order valence-corrected chi connectivity index (χ3v) is 3.23. The molecule has 3 nitrogen and oxygen atoms in total. The predicted molar refractivity (Wildman–Crippen MR) is 83.2 cm³/mol. The Bertz CT molecular complexity index is 493. The molecular formula is C17H23N3. The minimum atomic E-state index is 0.924. The number of hydrogen-bond acceptors (Lipinski definition) is 3. The second kappa shape index (κ2) is 7.78. The first-order chi connectivity index (χ1) is 9.78. The minimum absolute atomic E-state index is 0.924. The van der Waals surface area contributed by atoms with Gasteiger partial charge in [-0.25, -0.2) is 0 Å². The molecule has 20 heavy (non-hydrogen) atoms. The van der Waals surface area contributed by atoms with Crippen molar-refractivity contribution in [3.05, 3.63) is 65.5 Å². The average molecular weight is 269 g/mol. The van der Waals surface area contributed by atoms with Gasteiger partial charge in [0.25, 0.3) is 0 Å². The average Bonchev–Trinajstić information content (AvgIpc) is 2.47. The van der Waals surface area contributed by atoms with Gasteiger partial charge in [-0.15, -0.1) is 0 Å². The quantitative estimate of drug-likeness (QED) is 0.838. The van der Waals surface area contributed by atoms with Crippen LogP contribution in [-0.4, -0.2) is 23.5 Å². The molecule has 1 N–H and O–H groups in total. The molecule has 0 bridgehead atoms. The smallest absolute Gasteiger partial charge is 0.0312 e. The lowest BCUT2D eigenvalue weighted by molar-refractivity contribution is 0.318. The van der Waals surface area contributed by atoms with Crippen molar-refractivity contribution in [2.75, 3.05) is 13.6 Å². The summed E-state index contributed by atoms with van der Waals surface area (Å²) in [5, 5.41) is 3.34. The van der Waals surface area contributed by atoms with Crippen LogP contribution in [0, 0.1) is 0 Å². The lowest BCUT2D eigenvalue weighted by Gasteiger charge is -2.16. The molecule has 1 heterocycles. The molecule has 2 aromatic rings. The summed E-state index contributed by atoms with van der Waals surface area (Å²) in [5.74, 6) is 0. The van der Waals surface area contributed by atoms with Crippen LogP contribution in [0.4, 0.5) is 0 Å². The van der Waals surface area contributed by atoms with Crippen LogP contribution in [0.2, 0.25) is 0 Å². The first-order valence-corrected chi connectivity index (χ1v) is 7.14. The number of rotatable bonds is 7. The van der Waals surface area contributed by atoms with Gasteiger partial charge in [0.05, 0.1) is 0 Å². The van der Waals surface area contributed by atoms with Crippen LogP contribution in [0.3, 0.4) is 0 Å². The highest BCUT2D eigenvalue weighted by atomic mass is 15.1. The number of nitrogens with zero attached hydrogens (tertiary/aromatic N) is 2. The first-order valence-electron chi connectivity index (χ1n) is 7.14. The molecule has 0 aliphatic carbocycles. The van der Waals surface area contributed by atoms with E-state index in [1.165, 1.54) is 16.7 Å². The summed E-state index contributed by atoms with van der Waals surface area (Å²) < 4.78 is 0. The van der Waals surface area contributed by atoms with Gasteiger partial charge in [-0.3, -0.25) is 9.88 Å². The second-order valence-corrected chi connectivity index (χ2v) is 5.13. The van der Waals surface area contributed by atoms with Gasteiger partial charge in [-0.2, -0.15) is 0 Å². The zero-order valence-electron chi connectivity index (χ0n) is 12.3. The van der Waals surface area contributed by atoms with E-state index >= 15 is 0 Å². The maximum Gasteiger partial charge on any atom is 0.0312 e. The number of pyridine rings is 1. The summed E-state index contributed by atoms with van der Waals surface area (Å²) in [6.45, 7) is 5.96. The maximum atomic E-state index is 4.15. The Balaban J connectivity index is 1.86. The summed E-state index contributed by atoms with van der Waals surface area (Å²) in [4.78, 5) is 6.45. The fraction of sp³-hybridized carbons (Fsp3) is 0.353. The van der Waals surface area contributed by atoms with Crippen LogP contribution in [0.1, 0.15) is 23.6 Å². The van der Waals surface area contributed by atoms with Gasteiger partial charge in [-0.1, -0.05) is 37.3 Å². The largest absolute Gasteiger partial charge is 0.313 e. The number of hydrogen-bond donors (Lipinski definition) is 1. The maximum absolute atomic E-state index is 4.15. The molecule has 1 aromatic carbocycles. The fourth-order valence-electron chi connectivity index (χ4n) is 2.20. The van der Waals surface area contributed by atoms with E-state index in [1.807, 2.05) is 18.5 Å². The van der Waals surface area contributed by atoms with Crippen LogP contribution >= 0.6 is 0 Å². The van der Waals surface area contributed by atoms with Crippen molar-refractivity contribution in [1.29, 1.82) is 0 Å². The van der Waals surface area contributed by atoms with Gasteiger partial charge in [0.1, 0.15) is 0 Å². The van der Waals surface area contributed by atoms with Crippen LogP contribution in [0.15, 0.2) is 48.8 Å². The topological polar surface area (TPSA) is 28.2 Å². The zero-order valence-corrected chi connectivity index (χ0v) is 12.3. The minimum Gasteiger partial charge on any atom is -0.313 e. The van der Waals surface area contributed by atoms with Crippen molar-refractivity contribution < 1.29 is 0 Å². The third kappa shape index (κ3) is 4.76. The number of benzene rings is 1. The molecule has 3 heteroatoms. The summed E-state index contributed by atoms with van der Waals surface area (Å²) >= 11 is 0. The Morgan fingerprint density at radius 1 is 1.00 bits per heavy atom. The van der Waals surface area contributed by atoms with Crippen LogP contribution < -0.4 is 5.32 Å². The Morgan fingerprint density at radius 3 is 2.35 bits per heavy atom. The lowest BCUT2D eigenvalue weighted by atomic mass is 10.1. The Hall–Kier alpha value is -1.71. The van der Waals surface area contributed by atoms with Crippen molar-refractivity contribution in [2.45, 2.75) is 26.6 Å². The number of nitrogens with one attached hydrogen (secondary N) is 1. The molecule has 0 fully saturated rings. The summed E-state index contributed by atoms with van der Waals surface area (Å²) in [6, 6.07) is 12.9. The van der Waals surface area contributed by atoms with E-state index in [2.05, 4.69) is 59.5 Å². The van der Waals surface area contributed by atoms with Crippen molar-refractivity contribution in [1.82, 2.24) is 15.2 Å². The molecule has 0 aliphatic heterocycles. The first kappa shape index (κ1) is 14.7. The summed E-state index contributed by atoms with van der Waals surface area (Å²) in [6.07, 6.45) is 3.74. The van der Waals surface area contributed by atoms with Crippen molar-refractivity contribution >= 4 is 0 Å². The van der Waals surface area contributed by atoms with Crippen molar-refractivity contribution in [3.8, 4) is 0 Å². The molecule has 0 unspecified atom stereocenters. The zero-order chi connectivity index (χ0) is 14.2. The monoisotopic (exact) mass is 269 g/mol. The Labute approximate surface area is 121 Å². The van der Waals surface area contributed by atoms with E-state index in [4.69, 9.17) is 0 Å². The number of aromatic nitrogens is 1. The molecule has 0 aliphatic rings. The molecule has 0 saturated carbocycles. The van der Waals surface area contributed by atoms with Crippen LogP contribution in [0.25, 0.3) is 0 Å². The molecule has 0 atom stereocenters. The molecule has 0 spiro atoms. The highest BCUT2D eigenvalue weighted by Gasteiger charge is 2.02. The highest BCUT2D eigenvalue weighted by molar-refractivity contribution is 5.22. The predicted octanol–water partition coefficient (Wildman–Crippen LogP) is 2.82. The van der Waals surface area contributed by atoms with E-state index < -0.39 is 0 Å². The van der Waals surface area contributed by atoms with Gasteiger partial charge in [0.2, 0.25) is 0 Å². The standard InChI is InChI=1S/C17H23N3/c1-3-18-11-15-6-8-16(9-7-15)13-20(2)14-17-5-4-10-19-12-17/h4-10,12,18H,3,11,13-14H2,1-2H3. The van der Waals surface area contributed by atoms with Gasteiger partial charge in [0, 0.05) is 32.0 Å². The van der Waals surface area contributed by atoms with Gasteiger partial charge < -0.3 is 5.32 Å². The summed E-state index contributed by atoms with van der Waals surface area (Å²) in [5.41, 5.74) is 3.93. The van der Waals surface area contributed by atoms with E-state index in [0.29, 0.717) is 0 Å². The molecule has 106 valence electrons. The Morgan fingerprint density at radius 2 is 1.70 bits per heavy atom. The molecular weight excluding hydrogens is 246 g/mol. The van der Waals surface area contributed by atoms with E-state index in [-0.39, 0.29) is 0 Å². The van der Waals surface area contributed by atoms with E-state index in [0.717, 1.165) is 26.2 Å². The molecule has 0 amide bonds. The SMILES string of the molecule is CCNCc1ccc(CN(C)Cc2cccnc2)cc1. The highest BCUT2D eigenvalue weighted by Crippen LogP contribution is 2.09. The third-order valence-electron chi connectivity index (χ3n) is 3.23. The lowest BCUT2D eigenvalue weighted by Crippen LogP contribution is -2.17. The van der Waals surface area contributed by atoms with Gasteiger partial charge in [0.15, 0.2) is 0 Å². The normalized spacial score (nSPS) is 10.9. The van der Waals surface area contributed by atoms with Crippen molar-refractivity contribution in [3.63, 3.8) is 0 Å². The second-order valence-electron chi connectivity index (χ2n) is 5.13. The summed E-state index contributed by atoms with van der Waals surface area (Å²) in [7, 11) is 2.14. The van der Waals surface area contributed by atoms with Crippen LogP contribution in [0.5, 0.6) is 0 Å². The van der Waals surface area contributed by atoms with E-state index in [9.17, 15) is 0 Å². The van der Waals surface area contributed by atoms with Crippen LogP contribution in [-0.2, 0) is 19.6 Å². The molecule has 1 aromatic heterocycles. The van der Waals surface area contributed by atoms with Crippen molar-refractivity contribution in [2.24, 2.45) is 0 Å². The Kier molecular flexibility index (Phi) is 5.71. The molecule has 0 saturated heterocycles. The van der Waals surface area contributed by atoms with Gasteiger partial charge >= 0.3 is 0 Å². The van der Waals surface area contributed by atoms with Gasteiger partial charge in [-0.05, 0) is 36.3 Å². The fourth-order valence-corrected chi connectivity index (χ4v) is 2.20. The van der Waals surface area contributed by atoms with E-state index in [1.54, 1.807) is 0 Å². The molecule has 0 radical (unpaired) electrons. The molecule has 2 rings (SSSR count).